The van der Waals surface area contributed by atoms with Crippen LogP contribution in [0.1, 0.15) is 47.9 Å². The Morgan fingerprint density at radius 2 is 2.20 bits per heavy atom. The molecule has 1 aliphatic heterocycles. The molecule has 1 aliphatic carbocycles. The van der Waals surface area contributed by atoms with Crippen molar-refractivity contribution >= 4 is 5.91 Å². The Labute approximate surface area is 147 Å². The second-order valence-electron chi connectivity index (χ2n) is 7.05. The third kappa shape index (κ3) is 3.71. The fourth-order valence-electron chi connectivity index (χ4n) is 3.72. The van der Waals surface area contributed by atoms with Crippen LogP contribution in [0.5, 0.6) is 0 Å². The zero-order valence-corrected chi connectivity index (χ0v) is 14.3. The first-order valence-corrected chi connectivity index (χ1v) is 9.08. The minimum atomic E-state index is -0.170. The second kappa shape index (κ2) is 7.31. The van der Waals surface area contributed by atoms with Crippen molar-refractivity contribution in [3.63, 3.8) is 0 Å². The van der Waals surface area contributed by atoms with Gasteiger partial charge in [0.05, 0.1) is 17.9 Å². The van der Waals surface area contributed by atoms with Gasteiger partial charge in [-0.2, -0.15) is 5.10 Å². The third-order valence-corrected chi connectivity index (χ3v) is 5.25. The molecule has 1 amide bonds. The van der Waals surface area contributed by atoms with Crippen molar-refractivity contribution in [1.82, 2.24) is 30.0 Å². The highest BCUT2D eigenvalue weighted by atomic mass is 16.1. The number of nitrogens with zero attached hydrogens (tertiary/aromatic N) is 5. The molecule has 0 saturated heterocycles. The lowest BCUT2D eigenvalue weighted by Gasteiger charge is -2.38. The van der Waals surface area contributed by atoms with E-state index in [4.69, 9.17) is 0 Å². The number of fused-ring (bicyclic) bond motifs is 1. The molecular weight excluding hydrogens is 316 g/mol. The predicted molar refractivity (Wildman–Crippen MR) is 92.9 cm³/mol. The number of nitrogens with one attached hydrogen (secondary N) is 1. The maximum absolute atomic E-state index is 12.1. The maximum atomic E-state index is 12.1. The van der Waals surface area contributed by atoms with Crippen LogP contribution in [0.15, 0.2) is 30.9 Å². The minimum absolute atomic E-state index is 0.170. The molecule has 1 fully saturated rings. The molecule has 0 radical (unpaired) electrons. The first-order chi connectivity index (χ1) is 12.3. The fourth-order valence-corrected chi connectivity index (χ4v) is 3.72. The van der Waals surface area contributed by atoms with E-state index in [1.165, 1.54) is 43.9 Å². The van der Waals surface area contributed by atoms with Crippen molar-refractivity contribution in [3.8, 4) is 0 Å². The molecule has 4 rings (SSSR count). The first-order valence-electron chi connectivity index (χ1n) is 9.08. The summed E-state index contributed by atoms with van der Waals surface area (Å²) in [5.41, 5.74) is 1.63. The Hall–Kier alpha value is -2.28. The highest BCUT2D eigenvalue weighted by Gasteiger charge is 2.28. The summed E-state index contributed by atoms with van der Waals surface area (Å²) in [7, 11) is 0. The molecule has 2 aromatic heterocycles. The molecule has 0 unspecified atom stereocenters. The highest BCUT2D eigenvalue weighted by molar-refractivity contribution is 5.91. The lowest BCUT2D eigenvalue weighted by molar-refractivity contribution is 0.0936. The van der Waals surface area contributed by atoms with Gasteiger partial charge in [0.1, 0.15) is 5.69 Å². The van der Waals surface area contributed by atoms with Crippen LogP contribution in [-0.4, -0.2) is 50.2 Å². The molecular formula is C18H24N6O. The molecule has 2 aliphatic rings. The highest BCUT2D eigenvalue weighted by Crippen LogP contribution is 2.30. The number of carbonyl (C=O) groups excluding carboxylic acids is 1. The summed E-state index contributed by atoms with van der Waals surface area (Å²) >= 11 is 0. The molecule has 2 aromatic rings. The number of rotatable bonds is 6. The number of aromatic nitrogens is 4. The van der Waals surface area contributed by atoms with Crippen molar-refractivity contribution in [3.05, 3.63) is 42.2 Å². The van der Waals surface area contributed by atoms with E-state index in [2.05, 4.69) is 36.0 Å². The zero-order valence-electron chi connectivity index (χ0n) is 14.3. The molecule has 0 aromatic carbocycles. The third-order valence-electron chi connectivity index (χ3n) is 5.25. The summed E-state index contributed by atoms with van der Waals surface area (Å²) in [6.45, 7) is 3.79. The predicted octanol–water partition coefficient (Wildman–Crippen LogP) is 1.65. The summed E-state index contributed by atoms with van der Waals surface area (Å²) in [5.74, 6) is 0.697. The molecule has 0 bridgehead atoms. The average molecular weight is 340 g/mol. The molecule has 1 N–H and O–H groups in total. The standard InChI is InChI=1S/C18H24N6O/c25-18(17-10-19-8-9-20-17)21-6-4-15-12-23(11-14-2-1-3-14)13-16-5-7-22-24(15)16/h5,7-10,14-15H,1-4,6,11-13H2,(H,21,25)/t15-/m1/s1. The zero-order chi connectivity index (χ0) is 17.1. The average Bonchev–Trinajstić information content (AvgIpc) is 3.07. The van der Waals surface area contributed by atoms with Crippen molar-refractivity contribution < 1.29 is 4.79 Å². The van der Waals surface area contributed by atoms with E-state index in [9.17, 15) is 4.79 Å². The summed E-state index contributed by atoms with van der Waals surface area (Å²) in [5, 5.41) is 7.44. The van der Waals surface area contributed by atoms with Crippen LogP contribution in [0.3, 0.4) is 0 Å². The number of amides is 1. The quantitative estimate of drug-likeness (QED) is 0.865. The van der Waals surface area contributed by atoms with Gasteiger partial charge in [-0.05, 0) is 31.2 Å². The van der Waals surface area contributed by atoms with Crippen molar-refractivity contribution in [2.24, 2.45) is 5.92 Å². The molecule has 7 nitrogen and oxygen atoms in total. The normalized spacial score (nSPS) is 20.7. The largest absolute Gasteiger partial charge is 0.351 e. The van der Waals surface area contributed by atoms with Crippen LogP contribution in [-0.2, 0) is 6.54 Å². The van der Waals surface area contributed by atoms with E-state index in [0.717, 1.165) is 25.4 Å². The van der Waals surface area contributed by atoms with Gasteiger partial charge in [0.25, 0.3) is 5.91 Å². The summed E-state index contributed by atoms with van der Waals surface area (Å²) in [6.07, 6.45) is 11.5. The lowest BCUT2D eigenvalue weighted by atomic mass is 9.85. The van der Waals surface area contributed by atoms with Gasteiger partial charge in [0.15, 0.2) is 0 Å². The minimum Gasteiger partial charge on any atom is -0.351 e. The fraction of sp³-hybridized carbons (Fsp3) is 0.556. The van der Waals surface area contributed by atoms with Crippen molar-refractivity contribution in [1.29, 1.82) is 0 Å². The van der Waals surface area contributed by atoms with E-state index >= 15 is 0 Å². The summed E-state index contributed by atoms with van der Waals surface area (Å²) in [4.78, 5) is 22.6. The molecule has 132 valence electrons. The van der Waals surface area contributed by atoms with Gasteiger partial charge in [-0.25, -0.2) is 4.98 Å². The SMILES string of the molecule is O=C(NCC[C@@H]1CN(CC2CCC2)Cc2ccnn21)c1cnccn1. The lowest BCUT2D eigenvalue weighted by Crippen LogP contribution is -2.42. The topological polar surface area (TPSA) is 75.9 Å². The Morgan fingerprint density at radius 1 is 1.28 bits per heavy atom. The molecule has 25 heavy (non-hydrogen) atoms. The summed E-state index contributed by atoms with van der Waals surface area (Å²) < 4.78 is 2.13. The Balaban J connectivity index is 1.33. The number of carbonyl (C=O) groups is 1. The maximum Gasteiger partial charge on any atom is 0.271 e. The monoisotopic (exact) mass is 340 g/mol. The van der Waals surface area contributed by atoms with Gasteiger partial charge in [-0.15, -0.1) is 0 Å². The van der Waals surface area contributed by atoms with Crippen LogP contribution in [0.25, 0.3) is 0 Å². The van der Waals surface area contributed by atoms with E-state index in [1.807, 2.05) is 6.20 Å². The van der Waals surface area contributed by atoms with Crippen LogP contribution < -0.4 is 5.32 Å². The first kappa shape index (κ1) is 16.2. The van der Waals surface area contributed by atoms with Crippen LogP contribution >= 0.6 is 0 Å². The van der Waals surface area contributed by atoms with E-state index in [1.54, 1.807) is 6.20 Å². The molecule has 0 spiro atoms. The molecule has 1 saturated carbocycles. The van der Waals surface area contributed by atoms with Crippen molar-refractivity contribution in [2.45, 2.75) is 38.3 Å². The van der Waals surface area contributed by atoms with Gasteiger partial charge in [-0.3, -0.25) is 19.4 Å². The van der Waals surface area contributed by atoms with Crippen LogP contribution in [0.4, 0.5) is 0 Å². The van der Waals surface area contributed by atoms with Gasteiger partial charge in [0.2, 0.25) is 0 Å². The van der Waals surface area contributed by atoms with E-state index in [-0.39, 0.29) is 5.91 Å². The van der Waals surface area contributed by atoms with Crippen molar-refractivity contribution in [2.75, 3.05) is 19.6 Å². The van der Waals surface area contributed by atoms with E-state index in [0.29, 0.717) is 18.3 Å². The van der Waals surface area contributed by atoms with E-state index < -0.39 is 0 Å². The van der Waals surface area contributed by atoms with Gasteiger partial charge in [-0.1, -0.05) is 6.42 Å². The summed E-state index contributed by atoms with van der Waals surface area (Å²) in [6, 6.07) is 2.42. The Bertz CT molecular complexity index is 711. The molecule has 3 heterocycles. The molecule has 1 atom stereocenters. The second-order valence-corrected chi connectivity index (χ2v) is 7.05. The van der Waals surface area contributed by atoms with Gasteiger partial charge < -0.3 is 5.32 Å². The number of hydrogen-bond donors (Lipinski definition) is 1. The van der Waals surface area contributed by atoms with Gasteiger partial charge >= 0.3 is 0 Å². The van der Waals surface area contributed by atoms with Crippen LogP contribution in [0.2, 0.25) is 0 Å². The van der Waals surface area contributed by atoms with Crippen LogP contribution in [0, 0.1) is 5.92 Å². The Kier molecular flexibility index (Phi) is 4.74. The van der Waals surface area contributed by atoms with Gasteiger partial charge in [0, 0.05) is 44.8 Å². The smallest absolute Gasteiger partial charge is 0.271 e. The number of hydrogen-bond acceptors (Lipinski definition) is 5. The Morgan fingerprint density at radius 3 is 2.96 bits per heavy atom. The molecule has 7 heteroatoms.